The smallest absolute Gasteiger partial charge is 1.00 e. The summed E-state index contributed by atoms with van der Waals surface area (Å²) in [6, 6.07) is 8.55. The molecule has 0 amide bonds. The van der Waals surface area contributed by atoms with E-state index in [1.165, 1.54) is 11.1 Å². The Balaban J connectivity index is -0.000000161. The van der Waals surface area contributed by atoms with E-state index in [9.17, 15) is 0 Å². The Bertz CT molecular complexity index is 420. The molecule has 0 saturated carbocycles. The zero-order chi connectivity index (χ0) is 11.4. The first-order chi connectivity index (χ1) is 7.74. The van der Waals surface area contributed by atoms with Gasteiger partial charge in [0.15, 0.2) is 24.8 Å². The van der Waals surface area contributed by atoms with E-state index in [0.717, 1.165) is 13.1 Å². The molecule has 0 N–H and O–H groups in total. The predicted octanol–water partition coefficient (Wildman–Crippen LogP) is -13.8. The molecule has 0 aliphatic carbocycles. The Morgan fingerprint density at radius 2 is 0.818 bits per heavy atom. The second-order valence-corrected chi connectivity index (χ2v) is 4.23. The second kappa shape index (κ2) is 20.1. The maximum Gasteiger partial charge on any atom is 3.00 e. The van der Waals surface area contributed by atoms with Crippen molar-refractivity contribution in [1.82, 2.24) is 0 Å². The summed E-state index contributed by atoms with van der Waals surface area (Å²) >= 11 is 0. The fraction of sp³-hybridized carbons (Fsp3) is 0.286. The molecule has 0 aromatic carbocycles. The molecule has 0 bridgehead atoms. The van der Waals surface area contributed by atoms with Gasteiger partial charge >= 0.3 is 26.2 Å². The maximum atomic E-state index is 2.21. The summed E-state index contributed by atoms with van der Waals surface area (Å²) in [6.07, 6.45) is 8.52. The van der Waals surface area contributed by atoms with Crippen LogP contribution in [-0.2, 0) is 13.1 Å². The van der Waals surface area contributed by atoms with Crippen LogP contribution in [0.3, 0.4) is 0 Å². The quantitative estimate of drug-likeness (QED) is 0.164. The normalized spacial score (nSPS) is 7.55. The van der Waals surface area contributed by atoms with Gasteiger partial charge in [-0.2, -0.15) is 9.13 Å². The summed E-state index contributed by atoms with van der Waals surface area (Å²) in [4.78, 5) is 0. The molecule has 0 aliphatic heterocycles. The van der Waals surface area contributed by atoms with Crippen LogP contribution in [0.1, 0.15) is 11.1 Å². The van der Waals surface area contributed by atoms with Crippen LogP contribution in [0.2, 0.25) is 0 Å². The minimum absolute atomic E-state index is 0. The van der Waals surface area contributed by atoms with Crippen molar-refractivity contribution in [3.63, 3.8) is 0 Å². The second-order valence-electron chi connectivity index (χ2n) is 4.23. The summed E-state index contributed by atoms with van der Waals surface area (Å²) in [5.41, 5.74) is 2.61. The van der Waals surface area contributed by atoms with E-state index in [0.29, 0.717) is 0 Å². The number of aryl methyl sites for hydroxylation is 4. The van der Waals surface area contributed by atoms with Gasteiger partial charge in [0.2, 0.25) is 13.1 Å². The molecule has 22 heavy (non-hydrogen) atoms. The summed E-state index contributed by atoms with van der Waals surface area (Å²) in [6.45, 7) is 6.24. The van der Waals surface area contributed by atoms with E-state index in [4.69, 9.17) is 0 Å². The van der Waals surface area contributed by atoms with E-state index >= 15 is 0 Å². The molecule has 0 atom stereocenters. The monoisotopic (exact) mass is 1060 g/mol. The van der Waals surface area contributed by atoms with Gasteiger partial charge in [0.05, 0.1) is 0 Å². The average molecular weight is 1060 g/mol. The first-order valence-corrected chi connectivity index (χ1v) is 5.65. The fourth-order valence-electron chi connectivity index (χ4n) is 1.59. The van der Waals surface area contributed by atoms with Crippen molar-refractivity contribution in [2.75, 3.05) is 0 Å². The van der Waals surface area contributed by atoms with E-state index in [1.54, 1.807) is 0 Å². The third kappa shape index (κ3) is 14.0. The van der Waals surface area contributed by atoms with Gasteiger partial charge in [0.1, 0.15) is 0 Å². The van der Waals surface area contributed by atoms with Crippen molar-refractivity contribution >= 4 is 26.2 Å². The van der Waals surface area contributed by atoms with Crippen LogP contribution >= 0.6 is 0 Å². The number of hydrogen-bond acceptors (Lipinski definition) is 0. The van der Waals surface area contributed by atoms with Crippen LogP contribution in [0.15, 0.2) is 49.1 Å². The molecule has 8 heteroatoms. The minimum Gasteiger partial charge on any atom is -1.00 e. The van der Waals surface area contributed by atoms with Crippen molar-refractivity contribution in [1.29, 1.82) is 0 Å². The van der Waals surface area contributed by atoms with Gasteiger partial charge in [0, 0.05) is 24.3 Å². The van der Waals surface area contributed by atoms with Gasteiger partial charge in [-0.3, -0.25) is 0 Å². The molecule has 2 nitrogen and oxygen atoms in total. The van der Waals surface area contributed by atoms with Gasteiger partial charge < -0.3 is 120 Å². The van der Waals surface area contributed by atoms with Gasteiger partial charge in [-0.1, -0.05) is 0 Å². The van der Waals surface area contributed by atoms with Crippen molar-refractivity contribution < 1.29 is 129 Å². The molecular weight excluding hydrogens is 1040 g/mol. The first kappa shape index (κ1) is 35.9. The zero-order valence-corrected chi connectivity index (χ0v) is 26.5. The van der Waals surface area contributed by atoms with Crippen LogP contribution in [0, 0.1) is 13.8 Å². The van der Waals surface area contributed by atoms with Crippen molar-refractivity contribution in [2.24, 2.45) is 0 Å². The average Bonchev–Trinajstić information content (AvgIpc) is 2.30. The minimum atomic E-state index is 0. The van der Waals surface area contributed by atoms with Crippen LogP contribution in [0.4, 0.5) is 0 Å². The molecule has 2 heterocycles. The Morgan fingerprint density at radius 3 is 1.05 bits per heavy atom. The van der Waals surface area contributed by atoms with Crippen LogP contribution in [0.5, 0.6) is 0 Å². The molecule has 0 unspecified atom stereocenters. The Labute approximate surface area is 238 Å². The molecule has 2 rings (SSSR count). The molecule has 0 saturated heterocycles. The molecule has 124 valence electrons. The Hall–Kier alpha value is 2.83. The number of hydrogen-bond donors (Lipinski definition) is 0. The summed E-state index contributed by atoms with van der Waals surface area (Å²) in [7, 11) is 0. The summed E-state index contributed by atoms with van der Waals surface area (Å²) in [5.74, 6) is 0. The molecular formula is C14H18BiI5N2. The van der Waals surface area contributed by atoms with Crippen molar-refractivity contribution in [3.05, 3.63) is 60.2 Å². The summed E-state index contributed by atoms with van der Waals surface area (Å²) in [5, 5.41) is 0. The summed E-state index contributed by atoms with van der Waals surface area (Å²) < 4.78 is 4.42. The van der Waals surface area contributed by atoms with Crippen molar-refractivity contribution in [2.45, 2.75) is 26.9 Å². The Kier molecular flexibility index (Phi) is 32.8. The largest absolute Gasteiger partial charge is 3.00 e. The molecule has 0 spiro atoms. The number of nitrogens with zero attached hydrogens (tertiary/aromatic N) is 2. The topological polar surface area (TPSA) is 7.76 Å². The van der Waals surface area contributed by atoms with Gasteiger partial charge in [0.25, 0.3) is 0 Å². The van der Waals surface area contributed by atoms with Crippen LogP contribution in [-0.4, -0.2) is 26.2 Å². The molecule has 0 fully saturated rings. The maximum absolute atomic E-state index is 2.21. The first-order valence-electron chi connectivity index (χ1n) is 5.65. The predicted molar refractivity (Wildman–Crippen MR) is 68.5 cm³/mol. The van der Waals surface area contributed by atoms with E-state index in [2.05, 4.69) is 72.0 Å². The van der Waals surface area contributed by atoms with Crippen molar-refractivity contribution in [3.8, 4) is 0 Å². The van der Waals surface area contributed by atoms with Gasteiger partial charge in [-0.25, -0.2) is 0 Å². The molecule has 0 aliphatic rings. The van der Waals surface area contributed by atoms with Crippen LogP contribution in [0.25, 0.3) is 0 Å². The standard InChI is InChI=1S/C14H18N2.Bi.5HI/c1-13-3-7-15(8-4-13)11-12-16-9-5-14(2)6-10-16;;;;;;/h3-10H,11-12H2,1-2H3;;5*1H/q+2;+3;;;;;/p-5. The van der Waals surface area contributed by atoms with Gasteiger partial charge in [-0.05, 0) is 25.0 Å². The van der Waals surface area contributed by atoms with Gasteiger partial charge in [-0.15, -0.1) is 0 Å². The third-order valence-corrected chi connectivity index (χ3v) is 2.73. The van der Waals surface area contributed by atoms with Crippen LogP contribution < -0.4 is 129 Å². The molecule has 2 aromatic rings. The van der Waals surface area contributed by atoms with E-state index in [-0.39, 0.29) is 146 Å². The third-order valence-electron chi connectivity index (χ3n) is 2.73. The zero-order valence-electron chi connectivity index (χ0n) is 12.3. The number of halogens is 5. The molecule has 2 aromatic heterocycles. The number of rotatable bonds is 3. The number of pyridine rings is 2. The SMILES string of the molecule is Cc1cc[n+](CC[n+]2ccc(C)cc2)cc1.[Bi+3].[I-].[I-].[I-].[I-].[I-]. The van der Waals surface area contributed by atoms with E-state index < -0.39 is 0 Å². The fourth-order valence-corrected chi connectivity index (χ4v) is 1.59. The molecule has 2 radical (unpaired) electrons. The Morgan fingerprint density at radius 1 is 0.591 bits per heavy atom. The number of aromatic nitrogens is 2. The van der Waals surface area contributed by atoms with E-state index in [1.807, 2.05) is 0 Å².